The van der Waals surface area contributed by atoms with Crippen LogP contribution in [0.3, 0.4) is 0 Å². The van der Waals surface area contributed by atoms with Crippen molar-refractivity contribution in [2.75, 3.05) is 4.90 Å². The van der Waals surface area contributed by atoms with Crippen molar-refractivity contribution in [3.05, 3.63) is 120 Å². The molecule has 5 rings (SSSR count). The van der Waals surface area contributed by atoms with Crippen LogP contribution in [0.1, 0.15) is 36.1 Å². The Morgan fingerprint density at radius 1 is 0.842 bits per heavy atom. The van der Waals surface area contributed by atoms with Crippen LogP contribution in [0.2, 0.25) is 0 Å². The molecule has 0 aliphatic carbocycles. The first-order chi connectivity index (χ1) is 18.2. The number of nitrogens with zero attached hydrogens (tertiary/aromatic N) is 1. The van der Waals surface area contributed by atoms with Gasteiger partial charge in [-0.05, 0) is 71.5 Å². The van der Waals surface area contributed by atoms with Gasteiger partial charge in [-0.2, -0.15) is 0 Å². The van der Waals surface area contributed by atoms with Gasteiger partial charge >= 0.3 is 7.60 Å². The molecule has 0 radical (unpaired) electrons. The van der Waals surface area contributed by atoms with E-state index in [-0.39, 0.29) is 29.0 Å². The summed E-state index contributed by atoms with van der Waals surface area (Å²) in [4.78, 5) is 34.1. The zero-order valence-electron chi connectivity index (χ0n) is 20.4. The molecule has 1 fully saturated rings. The number of benzene rings is 4. The van der Waals surface area contributed by atoms with Gasteiger partial charge in [-0.3, -0.25) is 9.36 Å². The number of hydrogen-bond donors (Lipinski definition) is 3. The average molecular weight is 532 g/mol. The molecule has 4 aromatic carbocycles. The van der Waals surface area contributed by atoms with Gasteiger partial charge in [0.2, 0.25) is 5.91 Å². The first-order valence-electron chi connectivity index (χ1n) is 12.3. The van der Waals surface area contributed by atoms with Gasteiger partial charge in [0.05, 0.1) is 23.4 Å². The minimum Gasteiger partial charge on any atom is -0.388 e. The number of para-hydroxylation sites is 1. The molecule has 1 aliphatic heterocycles. The van der Waals surface area contributed by atoms with Gasteiger partial charge in [-0.1, -0.05) is 66.7 Å². The largest absolute Gasteiger partial charge is 0.388 e. The molecule has 6 nitrogen and oxygen atoms in total. The second-order valence-electron chi connectivity index (χ2n) is 9.46. The average Bonchev–Trinajstić information content (AvgIpc) is 2.92. The Kier molecular flexibility index (Phi) is 7.28. The Bertz CT molecular complexity index is 1470. The van der Waals surface area contributed by atoms with Crippen LogP contribution in [-0.4, -0.2) is 20.8 Å². The van der Waals surface area contributed by atoms with Crippen LogP contribution in [0.15, 0.2) is 103 Å². The smallest absolute Gasteiger partial charge is 0.356 e. The summed E-state index contributed by atoms with van der Waals surface area (Å²) >= 11 is 0. The quantitative estimate of drug-likeness (QED) is 0.206. The number of carbonyl (C=O) groups is 1. The highest BCUT2D eigenvalue weighted by Gasteiger charge is 2.48. The van der Waals surface area contributed by atoms with Crippen molar-refractivity contribution in [3.8, 4) is 11.1 Å². The van der Waals surface area contributed by atoms with Gasteiger partial charge in [0, 0.05) is 5.69 Å². The highest BCUT2D eigenvalue weighted by Crippen LogP contribution is 2.46. The second kappa shape index (κ2) is 10.6. The minimum absolute atomic E-state index is 0.0223. The molecule has 0 bridgehead atoms. The summed E-state index contributed by atoms with van der Waals surface area (Å²) in [6.07, 6.45) is 0.00444. The van der Waals surface area contributed by atoms with E-state index in [1.807, 2.05) is 54.6 Å². The highest BCUT2D eigenvalue weighted by atomic mass is 31.2. The van der Waals surface area contributed by atoms with E-state index in [0.29, 0.717) is 24.0 Å². The lowest BCUT2D eigenvalue weighted by Crippen LogP contribution is -2.55. The van der Waals surface area contributed by atoms with Crippen molar-refractivity contribution in [1.82, 2.24) is 0 Å². The monoisotopic (exact) mass is 531 g/mol. The second-order valence-corrected chi connectivity index (χ2v) is 11.1. The zero-order chi connectivity index (χ0) is 26.9. The van der Waals surface area contributed by atoms with Crippen LogP contribution >= 0.6 is 7.60 Å². The maximum atomic E-state index is 13.3. The molecule has 194 valence electrons. The molecule has 4 aromatic rings. The Hall–Kier alpha value is -3.61. The minimum atomic E-state index is -4.37. The predicted molar refractivity (Wildman–Crippen MR) is 144 cm³/mol. The topological polar surface area (TPSA) is 98.1 Å². The Labute approximate surface area is 220 Å². The maximum Gasteiger partial charge on any atom is 0.356 e. The number of aliphatic hydroxyl groups is 1. The molecule has 8 heteroatoms. The fourth-order valence-electron chi connectivity index (χ4n) is 5.02. The van der Waals surface area contributed by atoms with Crippen molar-refractivity contribution < 1.29 is 28.6 Å². The van der Waals surface area contributed by atoms with Crippen molar-refractivity contribution >= 4 is 24.5 Å². The number of rotatable bonds is 8. The lowest BCUT2D eigenvalue weighted by Gasteiger charge is -2.48. The SMILES string of the molecule is O=C1[C@H](CC[C@H](O)c2ccc(F)cc2)[C@@H](c2ccc(-c3cccc(P(=O)(O)O)c3)cc2)N1c1ccccc1. The highest BCUT2D eigenvalue weighted by molar-refractivity contribution is 7.60. The molecule has 0 saturated carbocycles. The fourth-order valence-corrected chi connectivity index (χ4v) is 5.60. The van der Waals surface area contributed by atoms with Crippen molar-refractivity contribution in [2.24, 2.45) is 5.92 Å². The molecule has 0 unspecified atom stereocenters. The summed E-state index contributed by atoms with van der Waals surface area (Å²) in [5.41, 5.74) is 3.79. The molecule has 1 saturated heterocycles. The third-order valence-electron chi connectivity index (χ3n) is 7.02. The number of amides is 1. The van der Waals surface area contributed by atoms with E-state index in [0.717, 1.165) is 16.8 Å². The summed E-state index contributed by atoms with van der Waals surface area (Å²) in [5, 5.41) is 10.6. The molecule has 1 amide bonds. The van der Waals surface area contributed by atoms with E-state index in [2.05, 4.69) is 0 Å². The molecule has 1 heterocycles. The number of halogens is 1. The predicted octanol–water partition coefficient (Wildman–Crippen LogP) is 5.51. The van der Waals surface area contributed by atoms with Crippen LogP contribution in [0.25, 0.3) is 11.1 Å². The number of carbonyl (C=O) groups excluding carboxylic acids is 1. The van der Waals surface area contributed by atoms with Crippen molar-refractivity contribution in [2.45, 2.75) is 25.0 Å². The van der Waals surface area contributed by atoms with Gasteiger partial charge in [0.15, 0.2) is 0 Å². The summed E-state index contributed by atoms with van der Waals surface area (Å²) < 4.78 is 24.9. The van der Waals surface area contributed by atoms with Crippen molar-refractivity contribution in [3.63, 3.8) is 0 Å². The lowest BCUT2D eigenvalue weighted by molar-refractivity contribution is -0.131. The number of hydrogen-bond acceptors (Lipinski definition) is 3. The normalized spacial score (nSPS) is 18.2. The standard InChI is InChI=1S/C30H27FNO5P/c31-24-15-13-21(14-16-24)28(33)18-17-27-29(32(30(27)34)25-6-2-1-3-7-25)22-11-9-20(10-12-22)23-5-4-8-26(19-23)38(35,36)37/h1-16,19,27-29,33H,17-18H2,(H2,35,36,37)/t27-,28+,29-/m1/s1. The summed E-state index contributed by atoms with van der Waals surface area (Å²) in [5.74, 6) is -0.731. The van der Waals surface area contributed by atoms with Crippen LogP contribution in [0.5, 0.6) is 0 Å². The summed E-state index contributed by atoms with van der Waals surface area (Å²) in [6.45, 7) is 0. The van der Waals surface area contributed by atoms with Gasteiger partial charge < -0.3 is 19.8 Å². The molecule has 0 spiro atoms. The number of anilines is 1. The third kappa shape index (κ3) is 5.33. The van der Waals surface area contributed by atoms with E-state index in [1.165, 1.54) is 24.3 Å². The van der Waals surface area contributed by atoms with E-state index in [9.17, 15) is 28.6 Å². The lowest BCUT2D eigenvalue weighted by atomic mass is 9.78. The van der Waals surface area contributed by atoms with Crippen LogP contribution in [-0.2, 0) is 9.36 Å². The van der Waals surface area contributed by atoms with Crippen LogP contribution in [0, 0.1) is 11.7 Å². The molecule has 3 N–H and O–H groups in total. The summed E-state index contributed by atoms with van der Waals surface area (Å²) in [6, 6.07) is 28.8. The van der Waals surface area contributed by atoms with E-state index >= 15 is 0 Å². The van der Waals surface area contributed by atoms with Gasteiger partial charge in [0.1, 0.15) is 5.82 Å². The van der Waals surface area contributed by atoms with Gasteiger partial charge in [-0.15, -0.1) is 0 Å². The molecule has 38 heavy (non-hydrogen) atoms. The Morgan fingerprint density at radius 2 is 1.53 bits per heavy atom. The van der Waals surface area contributed by atoms with E-state index < -0.39 is 13.7 Å². The molecule has 3 atom stereocenters. The Balaban J connectivity index is 1.40. The van der Waals surface area contributed by atoms with E-state index in [4.69, 9.17) is 0 Å². The zero-order valence-corrected chi connectivity index (χ0v) is 21.3. The molecular weight excluding hydrogens is 504 g/mol. The number of aliphatic hydroxyl groups excluding tert-OH is 1. The van der Waals surface area contributed by atoms with Crippen molar-refractivity contribution in [1.29, 1.82) is 0 Å². The molecular formula is C30H27FNO5P. The molecule has 0 aromatic heterocycles. The first kappa shape index (κ1) is 26.0. The summed E-state index contributed by atoms with van der Waals surface area (Å²) in [7, 11) is -4.37. The van der Waals surface area contributed by atoms with Crippen LogP contribution in [0.4, 0.5) is 10.1 Å². The fraction of sp³-hybridized carbons (Fsp3) is 0.167. The first-order valence-corrected chi connectivity index (χ1v) is 13.9. The third-order valence-corrected chi connectivity index (χ3v) is 7.97. The van der Waals surface area contributed by atoms with E-state index in [1.54, 1.807) is 29.2 Å². The van der Waals surface area contributed by atoms with Gasteiger partial charge in [0.25, 0.3) is 0 Å². The molecule has 1 aliphatic rings. The van der Waals surface area contributed by atoms with Gasteiger partial charge in [-0.25, -0.2) is 4.39 Å². The van der Waals surface area contributed by atoms with Crippen LogP contribution < -0.4 is 10.2 Å². The Morgan fingerprint density at radius 3 is 2.18 bits per heavy atom. The maximum absolute atomic E-state index is 13.3. The number of β-lactam (4-membered cyclic amide) rings is 1.